The van der Waals surface area contributed by atoms with E-state index in [0.29, 0.717) is 12.0 Å². The summed E-state index contributed by atoms with van der Waals surface area (Å²) in [5, 5.41) is 3.44. The predicted octanol–water partition coefficient (Wildman–Crippen LogP) is 0.953. The minimum Gasteiger partial charge on any atom is -0.380 e. The minimum absolute atomic E-state index is 0.633. The van der Waals surface area contributed by atoms with E-state index >= 15 is 0 Å². The monoisotopic (exact) mass is 200 g/mol. The number of rotatable bonds is 5. The Kier molecular flexibility index (Phi) is 5.45. The highest BCUT2D eigenvalue weighted by atomic mass is 16.5. The van der Waals surface area contributed by atoms with Gasteiger partial charge in [0.2, 0.25) is 0 Å². The SMILES string of the molecule is CC(C)COCCN1CCNC(C)C1. The fourth-order valence-corrected chi connectivity index (χ4v) is 1.73. The van der Waals surface area contributed by atoms with Gasteiger partial charge in [-0.25, -0.2) is 0 Å². The summed E-state index contributed by atoms with van der Waals surface area (Å²) < 4.78 is 5.57. The Balaban J connectivity index is 2.00. The molecule has 1 atom stereocenters. The van der Waals surface area contributed by atoms with E-state index in [0.717, 1.165) is 39.4 Å². The van der Waals surface area contributed by atoms with Gasteiger partial charge in [-0.2, -0.15) is 0 Å². The summed E-state index contributed by atoms with van der Waals surface area (Å²) in [6.45, 7) is 12.9. The van der Waals surface area contributed by atoms with Crippen molar-refractivity contribution in [2.45, 2.75) is 26.8 Å². The second kappa shape index (κ2) is 6.38. The molecule has 1 heterocycles. The van der Waals surface area contributed by atoms with Crippen LogP contribution in [0, 0.1) is 5.92 Å². The molecule has 0 radical (unpaired) electrons. The summed E-state index contributed by atoms with van der Waals surface area (Å²) in [5.41, 5.74) is 0. The number of nitrogens with one attached hydrogen (secondary N) is 1. The molecule has 1 N–H and O–H groups in total. The van der Waals surface area contributed by atoms with E-state index in [4.69, 9.17) is 4.74 Å². The molecule has 0 saturated carbocycles. The van der Waals surface area contributed by atoms with Crippen LogP contribution in [0.2, 0.25) is 0 Å². The van der Waals surface area contributed by atoms with E-state index in [-0.39, 0.29) is 0 Å². The topological polar surface area (TPSA) is 24.5 Å². The van der Waals surface area contributed by atoms with Crippen molar-refractivity contribution in [3.05, 3.63) is 0 Å². The first-order valence-electron chi connectivity index (χ1n) is 5.72. The number of nitrogens with zero attached hydrogens (tertiary/aromatic N) is 1. The molecule has 0 bridgehead atoms. The Bertz CT molecular complexity index is 150. The van der Waals surface area contributed by atoms with E-state index in [1.807, 2.05) is 0 Å². The average molecular weight is 200 g/mol. The first-order valence-corrected chi connectivity index (χ1v) is 5.72. The average Bonchev–Trinajstić information content (AvgIpc) is 2.12. The Morgan fingerprint density at radius 2 is 2.29 bits per heavy atom. The van der Waals surface area contributed by atoms with Crippen LogP contribution in [0.4, 0.5) is 0 Å². The van der Waals surface area contributed by atoms with Crippen molar-refractivity contribution in [1.29, 1.82) is 0 Å². The second-order valence-electron chi connectivity index (χ2n) is 4.62. The zero-order chi connectivity index (χ0) is 10.4. The van der Waals surface area contributed by atoms with Gasteiger partial charge >= 0.3 is 0 Å². The molecule has 0 amide bonds. The summed E-state index contributed by atoms with van der Waals surface area (Å²) in [6, 6.07) is 0.633. The van der Waals surface area contributed by atoms with Gasteiger partial charge in [0.15, 0.2) is 0 Å². The zero-order valence-electron chi connectivity index (χ0n) is 9.75. The van der Waals surface area contributed by atoms with Gasteiger partial charge < -0.3 is 10.1 Å². The van der Waals surface area contributed by atoms with E-state index < -0.39 is 0 Å². The number of ether oxygens (including phenoxy) is 1. The van der Waals surface area contributed by atoms with Crippen LogP contribution in [0.1, 0.15) is 20.8 Å². The Hall–Kier alpha value is -0.120. The van der Waals surface area contributed by atoms with E-state index in [1.54, 1.807) is 0 Å². The van der Waals surface area contributed by atoms with Crippen molar-refractivity contribution < 1.29 is 4.74 Å². The fourth-order valence-electron chi connectivity index (χ4n) is 1.73. The molecule has 3 heteroatoms. The van der Waals surface area contributed by atoms with Crippen LogP contribution in [0.3, 0.4) is 0 Å². The molecule has 0 aliphatic carbocycles. The van der Waals surface area contributed by atoms with Crippen molar-refractivity contribution in [2.75, 3.05) is 39.4 Å². The molecule has 1 rings (SSSR count). The molecule has 1 saturated heterocycles. The molecule has 1 aliphatic rings. The Morgan fingerprint density at radius 3 is 2.93 bits per heavy atom. The quantitative estimate of drug-likeness (QED) is 0.669. The standard InChI is InChI=1S/C11H24N2O/c1-10(2)9-14-7-6-13-5-4-12-11(3)8-13/h10-12H,4-9H2,1-3H3. The van der Waals surface area contributed by atoms with Gasteiger partial charge in [-0.1, -0.05) is 13.8 Å². The third-order valence-electron chi connectivity index (χ3n) is 2.46. The van der Waals surface area contributed by atoms with Gasteiger partial charge in [0.05, 0.1) is 6.61 Å². The molecule has 0 aromatic carbocycles. The van der Waals surface area contributed by atoms with Crippen LogP contribution >= 0.6 is 0 Å². The maximum Gasteiger partial charge on any atom is 0.0593 e. The van der Waals surface area contributed by atoms with E-state index in [1.165, 1.54) is 0 Å². The van der Waals surface area contributed by atoms with Crippen LogP contribution in [-0.4, -0.2) is 50.3 Å². The lowest BCUT2D eigenvalue weighted by Crippen LogP contribution is -2.49. The minimum atomic E-state index is 0.633. The lowest BCUT2D eigenvalue weighted by atomic mass is 10.2. The molecular formula is C11H24N2O. The van der Waals surface area contributed by atoms with Crippen molar-refractivity contribution >= 4 is 0 Å². The first-order chi connectivity index (χ1) is 6.68. The van der Waals surface area contributed by atoms with Gasteiger partial charge in [0.25, 0.3) is 0 Å². The van der Waals surface area contributed by atoms with Gasteiger partial charge in [-0.15, -0.1) is 0 Å². The third kappa shape index (κ3) is 4.94. The van der Waals surface area contributed by atoms with Crippen molar-refractivity contribution in [3.63, 3.8) is 0 Å². The van der Waals surface area contributed by atoms with Gasteiger partial charge in [0.1, 0.15) is 0 Å². The molecule has 0 spiro atoms. The summed E-state index contributed by atoms with van der Waals surface area (Å²) in [5.74, 6) is 0.650. The molecular weight excluding hydrogens is 176 g/mol. The van der Waals surface area contributed by atoms with Gasteiger partial charge in [-0.05, 0) is 12.8 Å². The Morgan fingerprint density at radius 1 is 1.50 bits per heavy atom. The molecule has 14 heavy (non-hydrogen) atoms. The zero-order valence-corrected chi connectivity index (χ0v) is 9.75. The maximum absolute atomic E-state index is 5.57. The molecule has 1 unspecified atom stereocenters. The highest BCUT2D eigenvalue weighted by Gasteiger charge is 2.14. The molecule has 0 aromatic heterocycles. The highest BCUT2D eigenvalue weighted by molar-refractivity contribution is 4.74. The van der Waals surface area contributed by atoms with Crippen LogP contribution in [0.25, 0.3) is 0 Å². The Labute approximate surface area is 87.8 Å². The van der Waals surface area contributed by atoms with Crippen molar-refractivity contribution in [2.24, 2.45) is 5.92 Å². The smallest absolute Gasteiger partial charge is 0.0593 e. The van der Waals surface area contributed by atoms with Crippen LogP contribution < -0.4 is 5.32 Å². The van der Waals surface area contributed by atoms with Crippen molar-refractivity contribution in [3.8, 4) is 0 Å². The summed E-state index contributed by atoms with van der Waals surface area (Å²) in [7, 11) is 0. The third-order valence-corrected chi connectivity index (χ3v) is 2.46. The van der Waals surface area contributed by atoms with Gasteiger partial charge in [-0.3, -0.25) is 4.90 Å². The summed E-state index contributed by atoms with van der Waals surface area (Å²) >= 11 is 0. The first kappa shape index (κ1) is 12.0. The lowest BCUT2D eigenvalue weighted by molar-refractivity contribution is 0.0775. The lowest BCUT2D eigenvalue weighted by Gasteiger charge is -2.31. The van der Waals surface area contributed by atoms with Crippen LogP contribution in [-0.2, 0) is 4.74 Å². The molecule has 1 aliphatic heterocycles. The molecule has 84 valence electrons. The number of hydrogen-bond acceptors (Lipinski definition) is 3. The fraction of sp³-hybridized carbons (Fsp3) is 1.00. The summed E-state index contributed by atoms with van der Waals surface area (Å²) in [6.07, 6.45) is 0. The summed E-state index contributed by atoms with van der Waals surface area (Å²) in [4.78, 5) is 2.47. The molecule has 1 fully saturated rings. The number of piperazine rings is 1. The molecule has 3 nitrogen and oxygen atoms in total. The largest absolute Gasteiger partial charge is 0.380 e. The number of hydrogen-bond donors (Lipinski definition) is 1. The van der Waals surface area contributed by atoms with E-state index in [9.17, 15) is 0 Å². The van der Waals surface area contributed by atoms with Crippen LogP contribution in [0.15, 0.2) is 0 Å². The second-order valence-corrected chi connectivity index (χ2v) is 4.62. The normalized spacial score (nSPS) is 24.4. The van der Waals surface area contributed by atoms with E-state index in [2.05, 4.69) is 31.0 Å². The maximum atomic E-state index is 5.57. The molecule has 0 aromatic rings. The van der Waals surface area contributed by atoms with Crippen molar-refractivity contribution in [1.82, 2.24) is 10.2 Å². The highest BCUT2D eigenvalue weighted by Crippen LogP contribution is 1.98. The predicted molar refractivity (Wildman–Crippen MR) is 59.6 cm³/mol. The van der Waals surface area contributed by atoms with Gasteiger partial charge in [0, 0.05) is 38.8 Å². The van der Waals surface area contributed by atoms with Crippen LogP contribution in [0.5, 0.6) is 0 Å².